The Kier molecular flexibility index (Phi) is 11.8. The Morgan fingerprint density at radius 1 is 1.17 bits per heavy atom. The zero-order chi connectivity index (χ0) is 17.3. The molecule has 0 aromatic rings. The zero-order valence-electron chi connectivity index (χ0n) is 14.7. The van der Waals surface area contributed by atoms with Crippen molar-refractivity contribution in [1.82, 2.24) is 14.5 Å². The number of nitrogens with one attached hydrogen (secondary N) is 1. The summed E-state index contributed by atoms with van der Waals surface area (Å²) >= 11 is 0. The lowest BCUT2D eigenvalue weighted by Crippen LogP contribution is -2.53. The van der Waals surface area contributed by atoms with E-state index in [1.807, 2.05) is 13.8 Å². The number of nitrogens with zero attached hydrogens (tertiary/aromatic N) is 2. The van der Waals surface area contributed by atoms with Crippen molar-refractivity contribution in [3.05, 3.63) is 0 Å². The highest BCUT2D eigenvalue weighted by molar-refractivity contribution is 7.89. The summed E-state index contributed by atoms with van der Waals surface area (Å²) in [5.41, 5.74) is 0. The Labute approximate surface area is 151 Å². The van der Waals surface area contributed by atoms with Crippen LogP contribution in [0.15, 0.2) is 0 Å². The van der Waals surface area contributed by atoms with E-state index in [0.717, 1.165) is 0 Å². The number of piperazine rings is 1. The number of amides is 1. The Morgan fingerprint density at radius 3 is 2.33 bits per heavy atom. The first-order chi connectivity index (χ1) is 10.9. The minimum absolute atomic E-state index is 0. The van der Waals surface area contributed by atoms with Gasteiger partial charge in [-0.15, -0.1) is 12.4 Å². The summed E-state index contributed by atoms with van der Waals surface area (Å²) in [6.45, 7) is 6.90. The van der Waals surface area contributed by atoms with Crippen LogP contribution in [-0.4, -0.2) is 95.0 Å². The molecule has 0 saturated carbocycles. The van der Waals surface area contributed by atoms with E-state index in [2.05, 4.69) is 5.32 Å². The maximum atomic E-state index is 12.2. The van der Waals surface area contributed by atoms with Gasteiger partial charge >= 0.3 is 0 Å². The highest BCUT2D eigenvalue weighted by Crippen LogP contribution is 2.08. The second-order valence-electron chi connectivity index (χ2n) is 5.68. The number of methoxy groups -OCH3 is 1. The molecule has 1 aliphatic rings. The van der Waals surface area contributed by atoms with Crippen LogP contribution >= 0.6 is 12.4 Å². The summed E-state index contributed by atoms with van der Waals surface area (Å²) in [5, 5.41) is 3.00. The predicted molar refractivity (Wildman–Crippen MR) is 95.0 cm³/mol. The molecule has 0 spiro atoms. The van der Waals surface area contributed by atoms with Gasteiger partial charge in [-0.25, -0.2) is 8.42 Å². The Bertz CT molecular complexity index is 453. The first kappa shape index (κ1) is 23.5. The molecular weight excluding hydrogens is 358 g/mol. The lowest BCUT2D eigenvalue weighted by atomic mass is 10.3. The second kappa shape index (κ2) is 12.0. The van der Waals surface area contributed by atoms with Crippen molar-refractivity contribution in [3.8, 4) is 0 Å². The van der Waals surface area contributed by atoms with E-state index in [-0.39, 0.29) is 43.3 Å². The minimum atomic E-state index is -3.31. The normalized spacial score (nSPS) is 16.2. The first-order valence-corrected chi connectivity index (χ1v) is 9.54. The second-order valence-corrected chi connectivity index (χ2v) is 7.77. The van der Waals surface area contributed by atoms with Crippen LogP contribution in [0, 0.1) is 0 Å². The number of sulfonamides is 1. The van der Waals surface area contributed by atoms with Gasteiger partial charge < -0.3 is 19.7 Å². The number of hydrogen-bond acceptors (Lipinski definition) is 6. The van der Waals surface area contributed by atoms with E-state index in [0.29, 0.717) is 39.3 Å². The van der Waals surface area contributed by atoms with Crippen LogP contribution in [0.25, 0.3) is 0 Å². The molecule has 24 heavy (non-hydrogen) atoms. The van der Waals surface area contributed by atoms with Crippen molar-refractivity contribution in [2.24, 2.45) is 0 Å². The summed E-state index contributed by atoms with van der Waals surface area (Å²) in [4.78, 5) is 13.7. The van der Waals surface area contributed by atoms with Crippen LogP contribution in [0.3, 0.4) is 0 Å². The molecule has 0 radical (unpaired) electrons. The number of carbonyl (C=O) groups excluding carboxylic acids is 1. The van der Waals surface area contributed by atoms with Crippen LogP contribution in [0.1, 0.15) is 13.8 Å². The van der Waals surface area contributed by atoms with Gasteiger partial charge in [-0.1, -0.05) is 0 Å². The fourth-order valence-electron chi connectivity index (χ4n) is 2.22. The van der Waals surface area contributed by atoms with Crippen molar-refractivity contribution in [1.29, 1.82) is 0 Å². The van der Waals surface area contributed by atoms with Gasteiger partial charge in [0.25, 0.3) is 0 Å². The molecule has 0 unspecified atom stereocenters. The first-order valence-electron chi connectivity index (χ1n) is 7.93. The van der Waals surface area contributed by atoms with Gasteiger partial charge in [0.1, 0.15) is 0 Å². The van der Waals surface area contributed by atoms with Gasteiger partial charge in [0, 0.05) is 39.8 Å². The van der Waals surface area contributed by atoms with Gasteiger partial charge in [-0.2, -0.15) is 4.31 Å². The summed E-state index contributed by atoms with van der Waals surface area (Å²) < 4.78 is 36.1. The molecule has 1 rings (SSSR count). The van der Waals surface area contributed by atoms with Crippen molar-refractivity contribution >= 4 is 28.3 Å². The molecule has 1 amide bonds. The van der Waals surface area contributed by atoms with Crippen molar-refractivity contribution < 1.29 is 22.7 Å². The minimum Gasteiger partial charge on any atom is -0.383 e. The summed E-state index contributed by atoms with van der Waals surface area (Å²) in [5.74, 6) is -0.0289. The molecule has 0 aromatic heterocycles. The molecule has 10 heteroatoms. The predicted octanol–water partition coefficient (Wildman–Crippen LogP) is -0.457. The smallest absolute Gasteiger partial charge is 0.236 e. The number of hydrogen-bond donors (Lipinski definition) is 1. The fourth-order valence-corrected chi connectivity index (χ4v) is 3.50. The molecule has 1 fully saturated rings. The van der Waals surface area contributed by atoms with Crippen molar-refractivity contribution in [2.75, 3.05) is 65.3 Å². The Balaban J connectivity index is 0.00000529. The third-order valence-corrected chi connectivity index (χ3v) is 5.37. The topological polar surface area (TPSA) is 88.2 Å². The van der Waals surface area contributed by atoms with E-state index in [1.165, 1.54) is 4.31 Å². The van der Waals surface area contributed by atoms with Crippen LogP contribution in [-0.2, 0) is 24.3 Å². The maximum Gasteiger partial charge on any atom is 0.236 e. The summed E-state index contributed by atoms with van der Waals surface area (Å²) in [6.07, 6.45) is 0.0188. The fraction of sp³-hybridized carbons (Fsp3) is 0.929. The van der Waals surface area contributed by atoms with Gasteiger partial charge in [-0.05, 0) is 13.8 Å². The molecule has 1 heterocycles. The van der Waals surface area contributed by atoms with E-state index in [4.69, 9.17) is 9.47 Å². The molecule has 1 aliphatic heterocycles. The highest BCUT2D eigenvalue weighted by Gasteiger charge is 2.28. The van der Waals surface area contributed by atoms with E-state index < -0.39 is 10.0 Å². The molecule has 1 saturated heterocycles. The zero-order valence-corrected chi connectivity index (χ0v) is 16.3. The Hall–Kier alpha value is -0.450. The molecule has 0 bridgehead atoms. The third kappa shape index (κ3) is 8.59. The number of ether oxygens (including phenoxy) is 2. The van der Waals surface area contributed by atoms with Gasteiger partial charge in [0.2, 0.25) is 15.9 Å². The van der Waals surface area contributed by atoms with E-state index >= 15 is 0 Å². The highest BCUT2D eigenvalue weighted by atomic mass is 35.5. The van der Waals surface area contributed by atoms with E-state index in [1.54, 1.807) is 12.0 Å². The number of rotatable bonds is 10. The molecule has 1 N–H and O–H groups in total. The number of carbonyl (C=O) groups is 1. The molecule has 8 nitrogen and oxygen atoms in total. The molecular formula is C14H30ClN3O5S. The molecule has 0 atom stereocenters. The van der Waals surface area contributed by atoms with Crippen molar-refractivity contribution in [3.63, 3.8) is 0 Å². The van der Waals surface area contributed by atoms with Gasteiger partial charge in [0.05, 0.1) is 31.6 Å². The third-order valence-electron chi connectivity index (χ3n) is 3.54. The molecule has 0 aromatic carbocycles. The van der Waals surface area contributed by atoms with Gasteiger partial charge in [-0.3, -0.25) is 4.79 Å². The van der Waals surface area contributed by atoms with Crippen LogP contribution < -0.4 is 5.32 Å². The Morgan fingerprint density at radius 2 is 1.79 bits per heavy atom. The van der Waals surface area contributed by atoms with Crippen LogP contribution in [0.5, 0.6) is 0 Å². The average Bonchev–Trinajstić information content (AvgIpc) is 2.51. The lowest BCUT2D eigenvalue weighted by molar-refractivity contribution is -0.131. The number of halogens is 1. The standard InChI is InChI=1S/C14H29N3O5S.ClH/c1-13(2)22-10-11-23(19,20)17-7-5-16(6-8-17)14(18)12-15-4-9-21-3;/h13,15H,4-12H2,1-3H3;1H. The summed E-state index contributed by atoms with van der Waals surface area (Å²) in [7, 11) is -1.71. The lowest BCUT2D eigenvalue weighted by Gasteiger charge is -2.34. The van der Waals surface area contributed by atoms with Crippen molar-refractivity contribution in [2.45, 2.75) is 20.0 Å². The molecule has 0 aliphatic carbocycles. The van der Waals surface area contributed by atoms with Gasteiger partial charge in [0.15, 0.2) is 0 Å². The quantitative estimate of drug-likeness (QED) is 0.510. The van der Waals surface area contributed by atoms with Crippen LogP contribution in [0.2, 0.25) is 0 Å². The molecule has 144 valence electrons. The van der Waals surface area contributed by atoms with E-state index in [9.17, 15) is 13.2 Å². The van der Waals surface area contributed by atoms with Crippen LogP contribution in [0.4, 0.5) is 0 Å². The monoisotopic (exact) mass is 387 g/mol. The SMILES string of the molecule is COCCNCC(=O)N1CCN(S(=O)(=O)CCOC(C)C)CC1.Cl. The largest absolute Gasteiger partial charge is 0.383 e. The maximum absolute atomic E-state index is 12.2. The summed E-state index contributed by atoms with van der Waals surface area (Å²) in [6, 6.07) is 0. The average molecular weight is 388 g/mol.